The number of nitrogens with one attached hydrogen (secondary N) is 1. The predicted octanol–water partition coefficient (Wildman–Crippen LogP) is 4.83. The van der Waals surface area contributed by atoms with Crippen molar-refractivity contribution in [2.75, 3.05) is 26.2 Å². The second-order valence-corrected chi connectivity index (χ2v) is 9.00. The maximum absolute atomic E-state index is 13.6. The van der Waals surface area contributed by atoms with Gasteiger partial charge in [-0.25, -0.2) is 4.98 Å². The summed E-state index contributed by atoms with van der Waals surface area (Å²) in [5, 5.41) is 11.6. The van der Waals surface area contributed by atoms with Gasteiger partial charge in [-0.1, -0.05) is 18.2 Å². The van der Waals surface area contributed by atoms with Gasteiger partial charge in [0.1, 0.15) is 28.6 Å². The van der Waals surface area contributed by atoms with E-state index in [-0.39, 0.29) is 28.6 Å². The number of ether oxygens (including phenoxy) is 3. The first-order chi connectivity index (χ1) is 18.3. The number of anilines is 1. The SMILES string of the molecule is COc1cccc(C2/C(=C(\O)c3c(OC)cccc3OC)C(=O)C(=O)N2c2nc3cc(C)c(C)cc3[nH]2)c1. The smallest absolute Gasteiger partial charge is 0.302 e. The van der Waals surface area contributed by atoms with E-state index in [2.05, 4.69) is 9.97 Å². The molecular weight excluding hydrogens is 486 g/mol. The Morgan fingerprint density at radius 3 is 2.24 bits per heavy atom. The summed E-state index contributed by atoms with van der Waals surface area (Å²) in [6, 6.07) is 14.8. The van der Waals surface area contributed by atoms with Gasteiger partial charge in [0.15, 0.2) is 0 Å². The highest BCUT2D eigenvalue weighted by Gasteiger charge is 2.48. The van der Waals surface area contributed by atoms with Crippen molar-refractivity contribution in [3.63, 3.8) is 0 Å². The lowest BCUT2D eigenvalue weighted by Gasteiger charge is -2.23. The lowest BCUT2D eigenvalue weighted by Crippen LogP contribution is -2.30. The highest BCUT2D eigenvalue weighted by Crippen LogP contribution is 2.45. The molecule has 1 amide bonds. The lowest BCUT2D eigenvalue weighted by molar-refractivity contribution is -0.132. The van der Waals surface area contributed by atoms with Gasteiger partial charge in [0, 0.05) is 0 Å². The fourth-order valence-electron chi connectivity index (χ4n) is 4.77. The minimum absolute atomic E-state index is 0.126. The first kappa shape index (κ1) is 24.9. The number of hydrogen-bond donors (Lipinski definition) is 2. The van der Waals surface area contributed by atoms with Crippen molar-refractivity contribution in [1.29, 1.82) is 0 Å². The summed E-state index contributed by atoms with van der Waals surface area (Å²) >= 11 is 0. The number of aliphatic hydroxyl groups excluding tert-OH is 1. The number of hydrogen-bond acceptors (Lipinski definition) is 7. The summed E-state index contributed by atoms with van der Waals surface area (Å²) in [6.07, 6.45) is 0. The van der Waals surface area contributed by atoms with E-state index in [1.165, 1.54) is 26.2 Å². The third-order valence-corrected chi connectivity index (χ3v) is 6.83. The molecular formula is C29H27N3O6. The number of aliphatic hydroxyl groups is 1. The molecule has 2 heterocycles. The molecule has 0 radical (unpaired) electrons. The molecule has 1 aromatic heterocycles. The molecule has 1 saturated heterocycles. The van der Waals surface area contributed by atoms with Crippen molar-refractivity contribution in [3.05, 3.63) is 82.4 Å². The molecule has 2 N–H and O–H groups in total. The van der Waals surface area contributed by atoms with Gasteiger partial charge in [-0.2, -0.15) is 0 Å². The summed E-state index contributed by atoms with van der Waals surface area (Å²) in [5.74, 6) is -0.836. The molecule has 1 aliphatic heterocycles. The number of Topliss-reactive ketones (excluding diaryl/α,β-unsaturated/α-hetero) is 1. The van der Waals surface area contributed by atoms with Crippen LogP contribution in [0.25, 0.3) is 16.8 Å². The molecule has 0 saturated carbocycles. The summed E-state index contributed by atoms with van der Waals surface area (Å²) < 4.78 is 16.3. The maximum atomic E-state index is 13.6. The van der Waals surface area contributed by atoms with E-state index in [1.54, 1.807) is 42.5 Å². The lowest BCUT2D eigenvalue weighted by atomic mass is 9.94. The van der Waals surface area contributed by atoms with E-state index in [9.17, 15) is 14.7 Å². The van der Waals surface area contributed by atoms with E-state index >= 15 is 0 Å². The molecule has 0 spiro atoms. The number of rotatable bonds is 6. The zero-order valence-corrected chi connectivity index (χ0v) is 21.7. The molecule has 4 aromatic rings. The number of H-pyrrole nitrogens is 1. The van der Waals surface area contributed by atoms with Gasteiger partial charge in [0.25, 0.3) is 5.78 Å². The fraction of sp³-hybridized carbons (Fsp3) is 0.207. The molecule has 38 heavy (non-hydrogen) atoms. The second-order valence-electron chi connectivity index (χ2n) is 9.00. The molecule has 1 aliphatic rings. The molecule has 1 unspecified atom stereocenters. The first-order valence-corrected chi connectivity index (χ1v) is 11.9. The van der Waals surface area contributed by atoms with Crippen molar-refractivity contribution >= 4 is 34.4 Å². The highest BCUT2D eigenvalue weighted by molar-refractivity contribution is 6.51. The Balaban J connectivity index is 1.79. The van der Waals surface area contributed by atoms with Crippen LogP contribution >= 0.6 is 0 Å². The summed E-state index contributed by atoms with van der Waals surface area (Å²) in [6.45, 7) is 3.96. The zero-order chi connectivity index (χ0) is 27.1. The minimum atomic E-state index is -1.01. The van der Waals surface area contributed by atoms with Crippen LogP contribution in [-0.2, 0) is 9.59 Å². The number of benzene rings is 3. The maximum Gasteiger partial charge on any atom is 0.302 e. The molecule has 9 heteroatoms. The van der Waals surface area contributed by atoms with Crippen LogP contribution in [0.4, 0.5) is 5.95 Å². The topological polar surface area (TPSA) is 114 Å². The first-order valence-electron chi connectivity index (χ1n) is 11.9. The Morgan fingerprint density at radius 2 is 1.58 bits per heavy atom. The molecule has 9 nitrogen and oxygen atoms in total. The van der Waals surface area contributed by atoms with Gasteiger partial charge in [0.05, 0.1) is 44.0 Å². The Hall–Kier alpha value is -4.79. The van der Waals surface area contributed by atoms with E-state index in [1.807, 2.05) is 26.0 Å². The molecule has 0 bridgehead atoms. The summed E-state index contributed by atoms with van der Waals surface area (Å²) in [5.41, 5.74) is 4.07. The number of ketones is 1. The fourth-order valence-corrected chi connectivity index (χ4v) is 4.77. The summed E-state index contributed by atoms with van der Waals surface area (Å²) in [7, 11) is 4.42. The number of aryl methyl sites for hydroxylation is 2. The number of fused-ring (bicyclic) bond motifs is 1. The predicted molar refractivity (Wildman–Crippen MR) is 143 cm³/mol. The Kier molecular flexibility index (Phi) is 6.28. The number of aromatic nitrogens is 2. The van der Waals surface area contributed by atoms with Crippen molar-refractivity contribution in [3.8, 4) is 17.2 Å². The van der Waals surface area contributed by atoms with Gasteiger partial charge in [0.2, 0.25) is 5.95 Å². The number of nitrogens with zero attached hydrogens (tertiary/aromatic N) is 2. The molecule has 1 fully saturated rings. The number of carbonyl (C=O) groups is 2. The van der Waals surface area contributed by atoms with Gasteiger partial charge in [-0.15, -0.1) is 0 Å². The summed E-state index contributed by atoms with van der Waals surface area (Å²) in [4.78, 5) is 36.3. The van der Waals surface area contributed by atoms with Gasteiger partial charge in [-0.05, 0) is 66.9 Å². The van der Waals surface area contributed by atoms with Crippen molar-refractivity contribution in [1.82, 2.24) is 9.97 Å². The van der Waals surface area contributed by atoms with Crippen molar-refractivity contribution in [2.24, 2.45) is 0 Å². The monoisotopic (exact) mass is 513 g/mol. The van der Waals surface area contributed by atoms with Crippen LogP contribution in [0.15, 0.2) is 60.2 Å². The molecule has 1 atom stereocenters. The van der Waals surface area contributed by atoms with E-state index in [0.717, 1.165) is 16.6 Å². The highest BCUT2D eigenvalue weighted by atomic mass is 16.5. The van der Waals surface area contributed by atoms with Crippen LogP contribution in [0.2, 0.25) is 0 Å². The quantitative estimate of drug-likeness (QED) is 0.216. The van der Waals surface area contributed by atoms with Crippen LogP contribution in [-0.4, -0.2) is 48.1 Å². The van der Waals surface area contributed by atoms with Crippen molar-refractivity contribution < 1.29 is 28.9 Å². The normalized spacial score (nSPS) is 16.8. The molecule has 194 valence electrons. The average molecular weight is 514 g/mol. The second kappa shape index (κ2) is 9.59. The van der Waals surface area contributed by atoms with Crippen LogP contribution in [0.3, 0.4) is 0 Å². The third kappa shape index (κ3) is 3.92. The van der Waals surface area contributed by atoms with Crippen LogP contribution in [0.1, 0.15) is 28.3 Å². The van der Waals surface area contributed by atoms with Crippen LogP contribution in [0, 0.1) is 13.8 Å². The molecule has 5 rings (SSSR count). The van der Waals surface area contributed by atoms with Crippen LogP contribution in [0.5, 0.6) is 17.2 Å². The van der Waals surface area contributed by atoms with Gasteiger partial charge >= 0.3 is 5.91 Å². The number of imidazole rings is 1. The minimum Gasteiger partial charge on any atom is -0.506 e. The largest absolute Gasteiger partial charge is 0.506 e. The number of amides is 1. The molecule has 0 aliphatic carbocycles. The van der Waals surface area contributed by atoms with E-state index in [4.69, 9.17) is 14.2 Å². The Labute approximate surface area is 219 Å². The average Bonchev–Trinajstić information content (AvgIpc) is 3.45. The number of carbonyl (C=O) groups excluding carboxylic acids is 2. The van der Waals surface area contributed by atoms with E-state index in [0.29, 0.717) is 16.8 Å². The van der Waals surface area contributed by atoms with Gasteiger partial charge in [-0.3, -0.25) is 14.5 Å². The van der Waals surface area contributed by atoms with Crippen LogP contribution < -0.4 is 19.1 Å². The van der Waals surface area contributed by atoms with Gasteiger partial charge < -0.3 is 24.3 Å². The van der Waals surface area contributed by atoms with Crippen molar-refractivity contribution in [2.45, 2.75) is 19.9 Å². The Morgan fingerprint density at radius 1 is 0.921 bits per heavy atom. The zero-order valence-electron chi connectivity index (χ0n) is 21.7. The Bertz CT molecular complexity index is 1560. The third-order valence-electron chi connectivity index (χ3n) is 6.83. The number of aromatic amines is 1. The standard InChI is InChI=1S/C29H27N3O6/c1-15-12-19-20(13-16(15)2)31-29(30-19)32-25(17-8-6-9-18(14-17)36-3)24(27(34)28(32)35)26(33)23-21(37-4)10-7-11-22(23)38-5/h6-14,25,33H,1-5H3,(H,30,31)/b26-24+. The molecule has 3 aromatic carbocycles. The van der Waals surface area contributed by atoms with E-state index < -0.39 is 23.5 Å². The number of methoxy groups -OCH3 is 3.